The van der Waals surface area contributed by atoms with Crippen LogP contribution in [0.25, 0.3) is 10.9 Å². The zero-order chi connectivity index (χ0) is 14.8. The minimum atomic E-state index is -0.629. The summed E-state index contributed by atoms with van der Waals surface area (Å²) in [5.74, 6) is -0.971. The molecule has 21 heavy (non-hydrogen) atoms. The summed E-state index contributed by atoms with van der Waals surface area (Å²) in [7, 11) is 0. The van der Waals surface area contributed by atoms with Crippen LogP contribution in [0.2, 0.25) is 0 Å². The van der Waals surface area contributed by atoms with Crippen LogP contribution in [0.4, 0.5) is 10.1 Å². The summed E-state index contributed by atoms with van der Waals surface area (Å²) in [6.07, 6.45) is 0. The molecule has 0 spiro atoms. The van der Waals surface area contributed by atoms with Crippen molar-refractivity contribution in [3.63, 3.8) is 0 Å². The van der Waals surface area contributed by atoms with Gasteiger partial charge in [-0.05, 0) is 36.8 Å². The van der Waals surface area contributed by atoms with Gasteiger partial charge in [0, 0.05) is 29.4 Å². The van der Waals surface area contributed by atoms with E-state index in [-0.39, 0.29) is 5.75 Å². The summed E-state index contributed by atoms with van der Waals surface area (Å²) >= 11 is 0. The van der Waals surface area contributed by atoms with Gasteiger partial charge in [0.1, 0.15) is 0 Å². The third-order valence-corrected chi connectivity index (χ3v) is 3.36. The molecule has 0 fully saturated rings. The highest BCUT2D eigenvalue weighted by atomic mass is 19.1. The van der Waals surface area contributed by atoms with Crippen molar-refractivity contribution in [3.8, 4) is 5.75 Å². The Labute approximate surface area is 122 Å². The molecule has 1 heterocycles. The first kappa shape index (κ1) is 13.4. The van der Waals surface area contributed by atoms with Gasteiger partial charge in [0.05, 0.1) is 5.52 Å². The van der Waals surface area contributed by atoms with Crippen LogP contribution in [0.3, 0.4) is 0 Å². The van der Waals surface area contributed by atoms with Gasteiger partial charge in [-0.3, -0.25) is 4.98 Å². The molecule has 0 amide bonds. The van der Waals surface area contributed by atoms with E-state index in [1.54, 1.807) is 6.07 Å². The SMILES string of the molecule is Cc1cc(CNc2ccc(O)c(F)c2)c2ccccc2n1. The Morgan fingerprint density at radius 2 is 1.95 bits per heavy atom. The van der Waals surface area contributed by atoms with Crippen molar-refractivity contribution in [2.45, 2.75) is 13.5 Å². The molecule has 0 atom stereocenters. The number of hydrogen-bond donors (Lipinski definition) is 2. The largest absolute Gasteiger partial charge is 0.505 e. The Balaban J connectivity index is 1.89. The first-order valence-electron chi connectivity index (χ1n) is 6.71. The van der Waals surface area contributed by atoms with Crippen LogP contribution >= 0.6 is 0 Å². The fourth-order valence-electron chi connectivity index (χ4n) is 2.36. The predicted molar refractivity (Wildman–Crippen MR) is 81.9 cm³/mol. The molecule has 0 saturated carbocycles. The van der Waals surface area contributed by atoms with Gasteiger partial charge >= 0.3 is 0 Å². The number of fused-ring (bicyclic) bond motifs is 1. The maximum Gasteiger partial charge on any atom is 0.166 e. The first-order chi connectivity index (χ1) is 10.1. The second kappa shape index (κ2) is 5.40. The number of benzene rings is 2. The summed E-state index contributed by atoms with van der Waals surface area (Å²) in [6, 6.07) is 14.2. The second-order valence-corrected chi connectivity index (χ2v) is 4.96. The number of aromatic hydroxyl groups is 1. The number of rotatable bonds is 3. The van der Waals surface area contributed by atoms with Gasteiger partial charge < -0.3 is 10.4 Å². The second-order valence-electron chi connectivity index (χ2n) is 4.96. The van der Waals surface area contributed by atoms with E-state index in [1.165, 1.54) is 12.1 Å². The molecule has 0 aliphatic heterocycles. The highest BCUT2D eigenvalue weighted by Gasteiger charge is 2.05. The van der Waals surface area contributed by atoms with Crippen LogP contribution in [-0.4, -0.2) is 10.1 Å². The van der Waals surface area contributed by atoms with E-state index < -0.39 is 5.82 Å². The van der Waals surface area contributed by atoms with E-state index in [9.17, 15) is 9.50 Å². The Hall–Kier alpha value is -2.62. The molecule has 0 aliphatic rings. The van der Waals surface area contributed by atoms with Crippen LogP contribution in [0, 0.1) is 12.7 Å². The molecule has 0 aliphatic carbocycles. The van der Waals surface area contributed by atoms with Crippen molar-refractivity contribution >= 4 is 16.6 Å². The number of aromatic nitrogens is 1. The monoisotopic (exact) mass is 282 g/mol. The Bertz CT molecular complexity index is 802. The van der Waals surface area contributed by atoms with Crippen molar-refractivity contribution < 1.29 is 9.50 Å². The van der Waals surface area contributed by atoms with Crippen LogP contribution in [0.5, 0.6) is 5.75 Å². The average molecular weight is 282 g/mol. The molecule has 3 aromatic rings. The van der Waals surface area contributed by atoms with Crippen molar-refractivity contribution in [1.29, 1.82) is 0 Å². The molecule has 2 aromatic carbocycles. The van der Waals surface area contributed by atoms with Crippen molar-refractivity contribution in [3.05, 3.63) is 65.6 Å². The minimum absolute atomic E-state index is 0.342. The van der Waals surface area contributed by atoms with Gasteiger partial charge in [0.15, 0.2) is 11.6 Å². The average Bonchev–Trinajstić information content (AvgIpc) is 2.48. The molecular weight excluding hydrogens is 267 g/mol. The Morgan fingerprint density at radius 1 is 1.14 bits per heavy atom. The molecule has 2 N–H and O–H groups in total. The maximum absolute atomic E-state index is 13.3. The van der Waals surface area contributed by atoms with E-state index in [2.05, 4.69) is 10.3 Å². The van der Waals surface area contributed by atoms with E-state index in [0.29, 0.717) is 12.2 Å². The quantitative estimate of drug-likeness (QED) is 0.714. The van der Waals surface area contributed by atoms with Gasteiger partial charge in [0.25, 0.3) is 0 Å². The zero-order valence-corrected chi connectivity index (χ0v) is 11.6. The summed E-state index contributed by atoms with van der Waals surface area (Å²) in [4.78, 5) is 4.50. The molecule has 106 valence electrons. The number of halogens is 1. The molecule has 3 rings (SSSR count). The molecule has 3 nitrogen and oxygen atoms in total. The number of nitrogens with zero attached hydrogens (tertiary/aromatic N) is 1. The number of phenols is 1. The minimum Gasteiger partial charge on any atom is -0.505 e. The maximum atomic E-state index is 13.3. The van der Waals surface area contributed by atoms with E-state index in [1.807, 2.05) is 37.3 Å². The van der Waals surface area contributed by atoms with Gasteiger partial charge in [0.2, 0.25) is 0 Å². The molecule has 0 radical (unpaired) electrons. The fraction of sp³-hybridized carbons (Fsp3) is 0.118. The molecule has 1 aromatic heterocycles. The summed E-state index contributed by atoms with van der Waals surface area (Å²) in [5, 5.41) is 13.4. The molecule has 0 unspecified atom stereocenters. The molecule has 0 bridgehead atoms. The molecular formula is C17H15FN2O. The van der Waals surface area contributed by atoms with Gasteiger partial charge in [-0.25, -0.2) is 4.39 Å². The summed E-state index contributed by atoms with van der Waals surface area (Å²) in [5.41, 5.74) is 3.63. The third-order valence-electron chi connectivity index (χ3n) is 3.36. The van der Waals surface area contributed by atoms with Crippen LogP contribution in [0.15, 0.2) is 48.5 Å². The zero-order valence-electron chi connectivity index (χ0n) is 11.6. The summed E-state index contributed by atoms with van der Waals surface area (Å²) in [6.45, 7) is 2.52. The van der Waals surface area contributed by atoms with E-state index >= 15 is 0 Å². The summed E-state index contributed by atoms with van der Waals surface area (Å²) < 4.78 is 13.3. The van der Waals surface area contributed by atoms with Crippen molar-refractivity contribution in [1.82, 2.24) is 4.98 Å². The lowest BCUT2D eigenvalue weighted by molar-refractivity contribution is 0.432. The normalized spacial score (nSPS) is 10.8. The predicted octanol–water partition coefficient (Wildman–Crippen LogP) is 4.00. The van der Waals surface area contributed by atoms with Gasteiger partial charge in [-0.2, -0.15) is 0 Å². The number of nitrogens with one attached hydrogen (secondary N) is 1. The molecule has 0 saturated heterocycles. The lowest BCUT2D eigenvalue weighted by atomic mass is 10.1. The van der Waals surface area contributed by atoms with Crippen LogP contribution in [-0.2, 0) is 6.54 Å². The van der Waals surface area contributed by atoms with E-state index in [0.717, 1.165) is 22.2 Å². The van der Waals surface area contributed by atoms with Crippen LogP contribution < -0.4 is 5.32 Å². The number of phenolic OH excluding ortho intramolecular Hbond substituents is 1. The number of aryl methyl sites for hydroxylation is 1. The highest BCUT2D eigenvalue weighted by Crippen LogP contribution is 2.22. The van der Waals surface area contributed by atoms with Crippen LogP contribution in [0.1, 0.15) is 11.3 Å². The smallest absolute Gasteiger partial charge is 0.166 e. The number of pyridine rings is 1. The first-order valence-corrected chi connectivity index (χ1v) is 6.71. The third kappa shape index (κ3) is 2.79. The lowest BCUT2D eigenvalue weighted by Crippen LogP contribution is -2.02. The number of hydrogen-bond acceptors (Lipinski definition) is 3. The topological polar surface area (TPSA) is 45.1 Å². The standard InChI is InChI=1S/C17H15FN2O/c1-11-8-12(14-4-2-3-5-16(14)20-11)10-19-13-6-7-17(21)15(18)9-13/h2-9,19,21H,10H2,1H3. The van der Waals surface area contributed by atoms with Crippen molar-refractivity contribution in [2.75, 3.05) is 5.32 Å². The lowest BCUT2D eigenvalue weighted by Gasteiger charge is -2.10. The Kier molecular flexibility index (Phi) is 3.44. The highest BCUT2D eigenvalue weighted by molar-refractivity contribution is 5.82. The van der Waals surface area contributed by atoms with Gasteiger partial charge in [-0.15, -0.1) is 0 Å². The number of para-hydroxylation sites is 1. The Morgan fingerprint density at radius 3 is 2.76 bits per heavy atom. The fourth-order valence-corrected chi connectivity index (χ4v) is 2.36. The van der Waals surface area contributed by atoms with E-state index in [4.69, 9.17) is 0 Å². The molecule has 4 heteroatoms. The van der Waals surface area contributed by atoms with Crippen molar-refractivity contribution in [2.24, 2.45) is 0 Å². The number of anilines is 1. The van der Waals surface area contributed by atoms with Gasteiger partial charge in [-0.1, -0.05) is 18.2 Å².